The average Bonchev–Trinajstić information content (AvgIpc) is 2.98. The average molecular weight is 487 g/mol. The lowest BCUT2D eigenvalue weighted by atomic mass is 9.97. The Balaban J connectivity index is 0.00000289. The molecule has 1 N–H and O–H groups in total. The summed E-state index contributed by atoms with van der Waals surface area (Å²) in [5.74, 6) is 0.422. The van der Waals surface area contributed by atoms with Crippen LogP contribution in [0, 0.1) is 0 Å². The van der Waals surface area contributed by atoms with Crippen molar-refractivity contribution in [3.05, 3.63) is 89.6 Å². The Bertz CT molecular complexity index is 1450. The van der Waals surface area contributed by atoms with E-state index in [-0.39, 0.29) is 24.2 Å². The van der Waals surface area contributed by atoms with Crippen molar-refractivity contribution in [3.63, 3.8) is 0 Å². The molecule has 35 heavy (non-hydrogen) atoms. The Morgan fingerprint density at radius 3 is 2.57 bits per heavy atom. The molecule has 0 aliphatic carbocycles. The first-order chi connectivity index (χ1) is 16.5. The van der Waals surface area contributed by atoms with E-state index in [1.807, 2.05) is 43.3 Å². The van der Waals surface area contributed by atoms with Gasteiger partial charge in [-0.3, -0.25) is 14.5 Å². The van der Waals surface area contributed by atoms with Gasteiger partial charge in [0.15, 0.2) is 0 Å². The molecule has 0 unspecified atom stereocenters. The SMILES string of the molecule is CN1CC(=O)Nc2ncc(C=CC(=O)N(C)Cc3cc4ccccc4c4ccccc34)cc2C1.Cl. The minimum atomic E-state index is -0.0856. The van der Waals surface area contributed by atoms with E-state index >= 15 is 0 Å². The topological polar surface area (TPSA) is 65.5 Å². The number of carbonyl (C=O) groups excluding carboxylic acids is 2. The second-order valence-electron chi connectivity index (χ2n) is 8.83. The Hall–Kier alpha value is -3.74. The highest BCUT2D eigenvalue weighted by Crippen LogP contribution is 2.29. The number of nitrogens with one attached hydrogen (secondary N) is 1. The van der Waals surface area contributed by atoms with Gasteiger partial charge in [0.2, 0.25) is 11.8 Å². The summed E-state index contributed by atoms with van der Waals surface area (Å²) in [6.45, 7) is 1.45. The summed E-state index contributed by atoms with van der Waals surface area (Å²) in [7, 11) is 3.71. The maximum Gasteiger partial charge on any atom is 0.246 e. The fourth-order valence-corrected chi connectivity index (χ4v) is 4.51. The molecule has 1 aliphatic heterocycles. The molecular weight excluding hydrogens is 460 g/mol. The summed E-state index contributed by atoms with van der Waals surface area (Å²) in [6, 6.07) is 20.8. The van der Waals surface area contributed by atoms with Gasteiger partial charge < -0.3 is 10.2 Å². The summed E-state index contributed by atoms with van der Waals surface area (Å²) in [4.78, 5) is 32.8. The molecule has 0 bridgehead atoms. The van der Waals surface area contributed by atoms with E-state index in [1.54, 1.807) is 23.2 Å². The fourth-order valence-electron chi connectivity index (χ4n) is 4.51. The van der Waals surface area contributed by atoms with Crippen LogP contribution in [0.25, 0.3) is 27.6 Å². The normalized spacial score (nSPS) is 13.8. The van der Waals surface area contributed by atoms with Crippen molar-refractivity contribution in [2.45, 2.75) is 13.1 Å². The Morgan fingerprint density at radius 1 is 1.06 bits per heavy atom. The molecule has 3 aromatic carbocycles. The summed E-state index contributed by atoms with van der Waals surface area (Å²) in [5, 5.41) is 7.56. The van der Waals surface area contributed by atoms with Crippen LogP contribution < -0.4 is 5.32 Å². The van der Waals surface area contributed by atoms with Crippen LogP contribution in [0.4, 0.5) is 5.82 Å². The van der Waals surface area contributed by atoms with E-state index in [0.29, 0.717) is 25.5 Å². The molecule has 2 amide bonds. The van der Waals surface area contributed by atoms with Gasteiger partial charge in [0.1, 0.15) is 5.82 Å². The van der Waals surface area contributed by atoms with Crippen molar-refractivity contribution in [2.75, 3.05) is 26.0 Å². The zero-order valence-electron chi connectivity index (χ0n) is 19.7. The number of amides is 2. The number of benzene rings is 3. The van der Waals surface area contributed by atoms with Gasteiger partial charge in [0, 0.05) is 38.0 Å². The van der Waals surface area contributed by atoms with Crippen molar-refractivity contribution < 1.29 is 9.59 Å². The standard InChI is InChI=1S/C28H26N4O2.ClH/c1-31-16-22-13-19(15-29-28(22)30-26(33)18-31)11-12-27(34)32(2)17-21-14-20-7-3-4-8-23(20)25-10-6-5-9-24(21)25;/h3-15H,16-18H2,1-2H3,(H,29,30,33);1H. The van der Waals surface area contributed by atoms with Gasteiger partial charge in [0.05, 0.1) is 6.54 Å². The summed E-state index contributed by atoms with van der Waals surface area (Å²) in [5.41, 5.74) is 2.86. The van der Waals surface area contributed by atoms with Gasteiger partial charge in [-0.2, -0.15) is 0 Å². The zero-order valence-corrected chi connectivity index (χ0v) is 20.5. The highest BCUT2D eigenvalue weighted by Gasteiger charge is 2.17. The maximum atomic E-state index is 12.9. The van der Waals surface area contributed by atoms with Crippen LogP contribution in [0.5, 0.6) is 0 Å². The van der Waals surface area contributed by atoms with E-state index in [0.717, 1.165) is 22.1 Å². The molecule has 0 radical (unpaired) electrons. The summed E-state index contributed by atoms with van der Waals surface area (Å²) < 4.78 is 0. The number of likely N-dealkylation sites (N-methyl/N-ethyl adjacent to an activating group) is 2. The molecule has 5 rings (SSSR count). The van der Waals surface area contributed by atoms with Crippen LogP contribution in [-0.2, 0) is 22.7 Å². The second kappa shape index (κ2) is 10.3. The van der Waals surface area contributed by atoms with Gasteiger partial charge >= 0.3 is 0 Å². The lowest BCUT2D eigenvalue weighted by Gasteiger charge is -2.18. The predicted molar refractivity (Wildman–Crippen MR) is 143 cm³/mol. The molecule has 0 atom stereocenters. The van der Waals surface area contributed by atoms with Crippen molar-refractivity contribution >= 4 is 57.7 Å². The number of nitrogens with zero attached hydrogens (tertiary/aromatic N) is 3. The molecule has 178 valence electrons. The van der Waals surface area contributed by atoms with Gasteiger partial charge in [-0.1, -0.05) is 48.5 Å². The first-order valence-electron chi connectivity index (χ1n) is 11.3. The molecule has 0 spiro atoms. The van der Waals surface area contributed by atoms with Gasteiger partial charge in [0.25, 0.3) is 0 Å². The number of carbonyl (C=O) groups is 2. The van der Waals surface area contributed by atoms with Gasteiger partial charge in [-0.05, 0) is 57.9 Å². The number of hydrogen-bond acceptors (Lipinski definition) is 4. The maximum absolute atomic E-state index is 12.9. The monoisotopic (exact) mass is 486 g/mol. The largest absolute Gasteiger partial charge is 0.338 e. The van der Waals surface area contributed by atoms with Crippen LogP contribution in [0.1, 0.15) is 16.7 Å². The molecule has 4 aromatic rings. The van der Waals surface area contributed by atoms with Crippen LogP contribution in [-0.4, -0.2) is 47.2 Å². The van der Waals surface area contributed by atoms with Crippen molar-refractivity contribution in [3.8, 4) is 0 Å². The van der Waals surface area contributed by atoms with Crippen molar-refractivity contribution in [2.24, 2.45) is 0 Å². The summed E-state index contributed by atoms with van der Waals surface area (Å²) in [6.07, 6.45) is 5.02. The fraction of sp³-hybridized carbons (Fsp3) is 0.179. The van der Waals surface area contributed by atoms with E-state index in [1.165, 1.54) is 16.2 Å². The smallest absolute Gasteiger partial charge is 0.246 e. The first kappa shape index (κ1) is 24.4. The first-order valence-corrected chi connectivity index (χ1v) is 11.3. The molecule has 0 saturated heterocycles. The van der Waals surface area contributed by atoms with Gasteiger partial charge in [-0.25, -0.2) is 4.98 Å². The molecule has 1 aliphatic rings. The van der Waals surface area contributed by atoms with E-state index in [4.69, 9.17) is 0 Å². The van der Waals surface area contributed by atoms with Crippen molar-refractivity contribution in [1.82, 2.24) is 14.8 Å². The third-order valence-electron chi connectivity index (χ3n) is 6.16. The lowest BCUT2D eigenvalue weighted by molar-refractivity contribution is -0.125. The third-order valence-corrected chi connectivity index (χ3v) is 6.16. The number of fused-ring (bicyclic) bond motifs is 4. The van der Waals surface area contributed by atoms with Crippen LogP contribution in [0.2, 0.25) is 0 Å². The number of rotatable bonds is 4. The Labute approximate surface area is 210 Å². The molecule has 6 nitrogen and oxygen atoms in total. The number of halogens is 1. The number of hydrogen-bond donors (Lipinski definition) is 1. The van der Waals surface area contributed by atoms with Crippen molar-refractivity contribution in [1.29, 1.82) is 0 Å². The molecular formula is C28H27ClN4O2. The molecule has 2 heterocycles. The molecule has 7 heteroatoms. The molecule has 0 fully saturated rings. The quantitative estimate of drug-likeness (QED) is 0.330. The minimum Gasteiger partial charge on any atom is -0.338 e. The zero-order chi connectivity index (χ0) is 23.7. The minimum absolute atomic E-state index is 0. The number of anilines is 1. The van der Waals surface area contributed by atoms with E-state index in [2.05, 4.69) is 46.7 Å². The van der Waals surface area contributed by atoms with Crippen LogP contribution in [0.15, 0.2) is 72.9 Å². The molecule has 0 saturated carbocycles. The Morgan fingerprint density at radius 2 is 1.77 bits per heavy atom. The molecule has 1 aromatic heterocycles. The second-order valence-corrected chi connectivity index (χ2v) is 8.83. The highest BCUT2D eigenvalue weighted by molar-refractivity contribution is 6.09. The van der Waals surface area contributed by atoms with E-state index < -0.39 is 0 Å². The van der Waals surface area contributed by atoms with Crippen LogP contribution in [0.3, 0.4) is 0 Å². The summed E-state index contributed by atoms with van der Waals surface area (Å²) >= 11 is 0. The lowest BCUT2D eigenvalue weighted by Crippen LogP contribution is -2.26. The highest BCUT2D eigenvalue weighted by atomic mass is 35.5. The predicted octanol–water partition coefficient (Wildman–Crippen LogP) is 4.87. The van der Waals surface area contributed by atoms with Crippen LogP contribution >= 0.6 is 12.4 Å². The van der Waals surface area contributed by atoms with E-state index in [9.17, 15) is 9.59 Å². The number of aromatic nitrogens is 1. The number of pyridine rings is 1. The van der Waals surface area contributed by atoms with Gasteiger partial charge in [-0.15, -0.1) is 12.4 Å². The Kier molecular flexibility index (Phi) is 7.15. The third kappa shape index (κ3) is 5.19.